The van der Waals surface area contributed by atoms with Crippen molar-refractivity contribution < 1.29 is 4.74 Å². The summed E-state index contributed by atoms with van der Waals surface area (Å²) in [6, 6.07) is 8.63. The summed E-state index contributed by atoms with van der Waals surface area (Å²) in [6.45, 7) is 10.2. The van der Waals surface area contributed by atoms with Crippen molar-refractivity contribution in [3.63, 3.8) is 0 Å². The number of rotatable bonds is 9. The van der Waals surface area contributed by atoms with Crippen LogP contribution in [0.2, 0.25) is 0 Å². The predicted octanol–water partition coefficient (Wildman–Crippen LogP) is 4.27. The molecule has 2 aromatic rings. The van der Waals surface area contributed by atoms with Crippen LogP contribution in [0.25, 0.3) is 0 Å². The van der Waals surface area contributed by atoms with E-state index < -0.39 is 0 Å². The smallest absolute Gasteiger partial charge is 0.0518 e. The first-order valence-electron chi connectivity index (χ1n) is 7.91. The van der Waals surface area contributed by atoms with Gasteiger partial charge in [-0.2, -0.15) is 0 Å². The summed E-state index contributed by atoms with van der Waals surface area (Å²) in [4.78, 5) is 9.39. The van der Waals surface area contributed by atoms with Crippen molar-refractivity contribution in [2.24, 2.45) is 0 Å². The van der Waals surface area contributed by atoms with E-state index in [9.17, 15) is 0 Å². The summed E-state index contributed by atoms with van der Waals surface area (Å²) < 4.78 is 5.66. The second kappa shape index (κ2) is 9.03. The topological polar surface area (TPSA) is 25.4 Å². The minimum absolute atomic E-state index is 0.314. The van der Waals surface area contributed by atoms with Gasteiger partial charge in [0.05, 0.1) is 6.10 Å². The number of thiophene rings is 1. The molecule has 0 radical (unpaired) electrons. The molecule has 0 aromatic carbocycles. The molecular formula is C18H26N2OS. The maximum atomic E-state index is 5.66. The minimum atomic E-state index is 0.314. The van der Waals surface area contributed by atoms with E-state index in [0.29, 0.717) is 6.10 Å². The molecule has 0 amide bonds. The van der Waals surface area contributed by atoms with E-state index in [1.807, 2.05) is 23.7 Å². The minimum Gasteiger partial charge on any atom is -0.379 e. The lowest BCUT2D eigenvalue weighted by molar-refractivity contribution is 0.0693. The van der Waals surface area contributed by atoms with Gasteiger partial charge in [0.15, 0.2) is 0 Å². The van der Waals surface area contributed by atoms with Crippen LogP contribution in [0.15, 0.2) is 36.7 Å². The van der Waals surface area contributed by atoms with Crippen LogP contribution in [-0.4, -0.2) is 29.1 Å². The van der Waals surface area contributed by atoms with Crippen LogP contribution in [0.1, 0.15) is 35.6 Å². The molecule has 3 nitrogen and oxygen atoms in total. The van der Waals surface area contributed by atoms with E-state index in [2.05, 4.69) is 54.9 Å². The monoisotopic (exact) mass is 318 g/mol. The van der Waals surface area contributed by atoms with E-state index in [-0.39, 0.29) is 0 Å². The van der Waals surface area contributed by atoms with Gasteiger partial charge in [0.2, 0.25) is 0 Å². The van der Waals surface area contributed by atoms with Crippen molar-refractivity contribution >= 4 is 11.3 Å². The highest BCUT2D eigenvalue weighted by Gasteiger charge is 2.09. The number of aryl methyl sites for hydroxylation is 1. The molecule has 0 atom stereocenters. The molecule has 0 fully saturated rings. The zero-order chi connectivity index (χ0) is 15.8. The molecule has 120 valence electrons. The Balaban J connectivity index is 1.91. The van der Waals surface area contributed by atoms with Gasteiger partial charge < -0.3 is 4.74 Å². The number of hydrogen-bond acceptors (Lipinski definition) is 4. The van der Waals surface area contributed by atoms with Gasteiger partial charge in [0.1, 0.15) is 0 Å². The normalized spacial score (nSPS) is 11.5. The summed E-state index contributed by atoms with van der Waals surface area (Å²) >= 11 is 1.89. The van der Waals surface area contributed by atoms with E-state index in [0.717, 1.165) is 32.7 Å². The van der Waals surface area contributed by atoms with E-state index >= 15 is 0 Å². The van der Waals surface area contributed by atoms with Crippen molar-refractivity contribution in [2.75, 3.05) is 13.2 Å². The first kappa shape index (κ1) is 17.1. The van der Waals surface area contributed by atoms with Crippen LogP contribution in [0.3, 0.4) is 0 Å². The summed E-state index contributed by atoms with van der Waals surface area (Å²) in [5.41, 5.74) is 1.31. The quantitative estimate of drug-likeness (QED) is 0.646. The second-order valence-corrected chi connectivity index (χ2v) is 7.22. The molecule has 0 saturated carbocycles. The van der Waals surface area contributed by atoms with E-state index in [1.165, 1.54) is 15.3 Å². The van der Waals surface area contributed by atoms with Crippen LogP contribution in [0.4, 0.5) is 0 Å². The highest BCUT2D eigenvalue weighted by Crippen LogP contribution is 2.18. The molecular weight excluding hydrogens is 292 g/mol. The van der Waals surface area contributed by atoms with Crippen molar-refractivity contribution in [3.8, 4) is 0 Å². The lowest BCUT2D eigenvalue weighted by Gasteiger charge is -2.22. The maximum absolute atomic E-state index is 5.66. The number of ether oxygens (including phenoxy) is 1. The highest BCUT2D eigenvalue weighted by atomic mass is 32.1. The Morgan fingerprint density at radius 1 is 1.14 bits per heavy atom. The molecule has 0 aliphatic heterocycles. The van der Waals surface area contributed by atoms with E-state index in [4.69, 9.17) is 4.74 Å². The Kier molecular flexibility index (Phi) is 7.03. The third-order valence-electron chi connectivity index (χ3n) is 3.40. The van der Waals surface area contributed by atoms with Gasteiger partial charge >= 0.3 is 0 Å². The molecule has 2 aromatic heterocycles. The fourth-order valence-electron chi connectivity index (χ4n) is 2.36. The van der Waals surface area contributed by atoms with Crippen LogP contribution in [0, 0.1) is 6.92 Å². The van der Waals surface area contributed by atoms with Gasteiger partial charge in [-0.25, -0.2) is 0 Å². The zero-order valence-electron chi connectivity index (χ0n) is 13.8. The molecule has 0 aliphatic rings. The molecule has 0 aliphatic carbocycles. The number of pyridine rings is 1. The molecule has 0 bridgehead atoms. The largest absolute Gasteiger partial charge is 0.379 e. The van der Waals surface area contributed by atoms with Gasteiger partial charge in [-0.15, -0.1) is 11.3 Å². The Hall–Kier alpha value is -1.23. The van der Waals surface area contributed by atoms with Crippen LogP contribution in [-0.2, 0) is 17.8 Å². The molecule has 0 N–H and O–H groups in total. The molecule has 0 unspecified atom stereocenters. The van der Waals surface area contributed by atoms with Crippen LogP contribution >= 0.6 is 11.3 Å². The van der Waals surface area contributed by atoms with Gasteiger partial charge in [0.25, 0.3) is 0 Å². The molecule has 22 heavy (non-hydrogen) atoms. The Morgan fingerprint density at radius 3 is 2.55 bits per heavy atom. The maximum Gasteiger partial charge on any atom is 0.0518 e. The van der Waals surface area contributed by atoms with Gasteiger partial charge in [-0.3, -0.25) is 9.88 Å². The average Bonchev–Trinajstić information content (AvgIpc) is 2.89. The third-order valence-corrected chi connectivity index (χ3v) is 4.39. The molecule has 4 heteroatoms. The fourth-order valence-corrected chi connectivity index (χ4v) is 3.29. The summed E-state index contributed by atoms with van der Waals surface area (Å²) in [5, 5.41) is 0. The van der Waals surface area contributed by atoms with Gasteiger partial charge in [0, 0.05) is 48.4 Å². The number of aromatic nitrogens is 1. The number of hydrogen-bond donors (Lipinski definition) is 0. The third kappa shape index (κ3) is 6.26. The van der Waals surface area contributed by atoms with Gasteiger partial charge in [-0.05, 0) is 57.0 Å². The Bertz CT molecular complexity index is 539. The number of nitrogens with zero attached hydrogens (tertiary/aromatic N) is 2. The fraction of sp³-hybridized carbons (Fsp3) is 0.500. The second-order valence-electron chi connectivity index (χ2n) is 5.85. The summed E-state index contributed by atoms with van der Waals surface area (Å²) in [7, 11) is 0. The predicted molar refractivity (Wildman–Crippen MR) is 93.1 cm³/mol. The molecule has 0 saturated heterocycles. The van der Waals surface area contributed by atoms with Crippen molar-refractivity contribution in [1.82, 2.24) is 9.88 Å². The SMILES string of the molecule is Cc1ccc(CN(CCCOC(C)C)Cc2ccncc2)s1. The van der Waals surface area contributed by atoms with Gasteiger partial charge in [-0.1, -0.05) is 0 Å². The van der Waals surface area contributed by atoms with E-state index in [1.54, 1.807) is 0 Å². The first-order chi connectivity index (χ1) is 10.6. The molecule has 2 rings (SSSR count). The lowest BCUT2D eigenvalue weighted by atomic mass is 10.2. The van der Waals surface area contributed by atoms with Crippen molar-refractivity contribution in [1.29, 1.82) is 0 Å². The highest BCUT2D eigenvalue weighted by molar-refractivity contribution is 7.11. The molecule has 2 heterocycles. The lowest BCUT2D eigenvalue weighted by Crippen LogP contribution is -2.25. The van der Waals surface area contributed by atoms with Crippen LogP contribution < -0.4 is 0 Å². The zero-order valence-corrected chi connectivity index (χ0v) is 14.6. The Morgan fingerprint density at radius 2 is 1.91 bits per heavy atom. The Labute approximate surface area is 138 Å². The van der Waals surface area contributed by atoms with Crippen molar-refractivity contribution in [2.45, 2.75) is 46.4 Å². The summed E-state index contributed by atoms with van der Waals surface area (Å²) in [6.07, 6.45) is 5.11. The van der Waals surface area contributed by atoms with Crippen LogP contribution in [0.5, 0.6) is 0 Å². The molecule has 0 spiro atoms. The van der Waals surface area contributed by atoms with Crippen molar-refractivity contribution in [3.05, 3.63) is 52.0 Å². The standard InChI is InChI=1S/C18H26N2OS/c1-15(2)21-12-4-11-20(13-17-7-9-19-10-8-17)14-18-6-5-16(3)22-18/h5-10,15H,4,11-14H2,1-3H3. The average molecular weight is 318 g/mol. The summed E-state index contributed by atoms with van der Waals surface area (Å²) in [5.74, 6) is 0. The first-order valence-corrected chi connectivity index (χ1v) is 8.73.